The van der Waals surface area contributed by atoms with Crippen molar-refractivity contribution in [2.45, 2.75) is 57.0 Å². The highest BCUT2D eigenvalue weighted by Gasteiger charge is 2.71. The third-order valence-electron chi connectivity index (χ3n) is 8.25. The summed E-state index contributed by atoms with van der Waals surface area (Å²) in [6, 6.07) is 4.96. The Hall–Kier alpha value is -3.26. The van der Waals surface area contributed by atoms with Gasteiger partial charge in [0.25, 0.3) is 0 Å². The van der Waals surface area contributed by atoms with Gasteiger partial charge in [-0.3, -0.25) is 24.5 Å². The number of halogens is 1. The van der Waals surface area contributed by atoms with Crippen LogP contribution in [0.25, 0.3) is 0 Å². The van der Waals surface area contributed by atoms with Crippen LogP contribution in [0.5, 0.6) is 0 Å². The fourth-order valence-corrected chi connectivity index (χ4v) is 8.07. The van der Waals surface area contributed by atoms with Crippen LogP contribution >= 0.6 is 22.9 Å². The minimum atomic E-state index is -1.51. The van der Waals surface area contributed by atoms with Crippen molar-refractivity contribution < 1.29 is 19.2 Å². The molecule has 3 aliphatic heterocycles. The Morgan fingerprint density at radius 2 is 2.03 bits per heavy atom. The number of hydrogen-bond acceptors (Lipinski definition) is 7. The number of carbonyl (C=O) groups excluding carboxylic acids is 4. The summed E-state index contributed by atoms with van der Waals surface area (Å²) in [5.41, 5.74) is 6.91. The molecule has 0 radical (unpaired) electrons. The van der Waals surface area contributed by atoms with Crippen molar-refractivity contribution in [1.29, 1.82) is 5.26 Å². The van der Waals surface area contributed by atoms with E-state index in [2.05, 4.69) is 16.7 Å². The van der Waals surface area contributed by atoms with E-state index in [0.717, 1.165) is 41.0 Å². The van der Waals surface area contributed by atoms with Gasteiger partial charge in [-0.25, -0.2) is 4.90 Å². The minimum Gasteiger partial charge on any atom is -0.370 e. The molecule has 4 N–H and O–H groups in total. The summed E-state index contributed by atoms with van der Waals surface area (Å²) in [7, 11) is 0. The molecule has 4 atom stereocenters. The summed E-state index contributed by atoms with van der Waals surface area (Å²) < 4.78 is 0. The molecule has 0 saturated carbocycles. The Morgan fingerprint density at radius 3 is 2.76 bits per heavy atom. The van der Waals surface area contributed by atoms with Gasteiger partial charge in [-0.15, -0.1) is 11.3 Å². The standard InChI is InChI=1S/C26H24ClN5O4S/c1-11-15(27)7-6-14-21(11)30-25(36)26(14)20-19(16(31-26)8-9-18(29)33)22(34)32(23(20)35)24-13(10-28)12-4-2-3-5-17(12)37-24/h6-7,16,19-20,31H,2-5,8-9H2,1H3,(H2,29,33)(H,30,36)/t16-,19+,20-,26+/m0/s1. The van der Waals surface area contributed by atoms with Crippen LogP contribution in [0.1, 0.15) is 52.8 Å². The Morgan fingerprint density at radius 1 is 1.27 bits per heavy atom. The molecule has 0 unspecified atom stereocenters. The molecular formula is C26H24ClN5O4S. The number of benzene rings is 1. The highest BCUT2D eigenvalue weighted by molar-refractivity contribution is 7.17. The van der Waals surface area contributed by atoms with Gasteiger partial charge in [0, 0.05) is 27.9 Å². The lowest BCUT2D eigenvalue weighted by Crippen LogP contribution is -2.53. The molecule has 2 fully saturated rings. The van der Waals surface area contributed by atoms with Crippen LogP contribution < -0.4 is 21.3 Å². The number of rotatable bonds is 4. The third kappa shape index (κ3) is 3.17. The lowest BCUT2D eigenvalue weighted by molar-refractivity contribution is -0.130. The first kappa shape index (κ1) is 24.1. The molecule has 4 heterocycles. The van der Waals surface area contributed by atoms with Crippen molar-refractivity contribution in [2.75, 3.05) is 10.2 Å². The number of primary amides is 1. The van der Waals surface area contributed by atoms with Gasteiger partial charge in [-0.2, -0.15) is 5.26 Å². The minimum absolute atomic E-state index is 0.0106. The molecule has 37 heavy (non-hydrogen) atoms. The molecular weight excluding hydrogens is 514 g/mol. The second-order valence-electron chi connectivity index (χ2n) is 10.1. The van der Waals surface area contributed by atoms with Gasteiger partial charge in [0.05, 0.1) is 23.1 Å². The van der Waals surface area contributed by atoms with Crippen LogP contribution in [0, 0.1) is 30.1 Å². The summed E-state index contributed by atoms with van der Waals surface area (Å²) in [5, 5.41) is 17.0. The van der Waals surface area contributed by atoms with Gasteiger partial charge in [0.1, 0.15) is 16.6 Å². The van der Waals surface area contributed by atoms with Crippen molar-refractivity contribution in [1.82, 2.24) is 5.32 Å². The van der Waals surface area contributed by atoms with E-state index in [0.29, 0.717) is 32.4 Å². The Balaban J connectivity index is 1.51. The first-order valence-electron chi connectivity index (χ1n) is 12.3. The summed E-state index contributed by atoms with van der Waals surface area (Å²) in [4.78, 5) is 55.7. The van der Waals surface area contributed by atoms with E-state index in [-0.39, 0.29) is 12.8 Å². The number of nitrogens with zero attached hydrogens (tertiary/aromatic N) is 2. The molecule has 4 aliphatic rings. The molecule has 1 aliphatic carbocycles. The second-order valence-corrected chi connectivity index (χ2v) is 11.6. The Bertz CT molecular complexity index is 1460. The number of imide groups is 1. The largest absolute Gasteiger partial charge is 0.370 e. The van der Waals surface area contributed by atoms with Crippen molar-refractivity contribution >= 4 is 57.3 Å². The van der Waals surface area contributed by atoms with Gasteiger partial charge in [0.2, 0.25) is 23.6 Å². The highest BCUT2D eigenvalue weighted by atomic mass is 35.5. The summed E-state index contributed by atoms with van der Waals surface area (Å²) >= 11 is 7.64. The van der Waals surface area contributed by atoms with Gasteiger partial charge >= 0.3 is 0 Å². The quantitative estimate of drug-likeness (QED) is 0.511. The number of aryl methyl sites for hydroxylation is 1. The molecule has 4 amide bonds. The molecule has 1 spiro atoms. The molecule has 2 aromatic rings. The Labute approximate surface area is 221 Å². The van der Waals surface area contributed by atoms with E-state index < -0.39 is 47.0 Å². The van der Waals surface area contributed by atoms with Crippen LogP contribution in [0.3, 0.4) is 0 Å². The van der Waals surface area contributed by atoms with E-state index in [9.17, 15) is 24.4 Å². The van der Waals surface area contributed by atoms with Crippen LogP contribution in [0.2, 0.25) is 5.02 Å². The number of nitrogens with one attached hydrogen (secondary N) is 2. The summed E-state index contributed by atoms with van der Waals surface area (Å²) in [6.07, 6.45) is 3.66. The molecule has 11 heteroatoms. The van der Waals surface area contributed by atoms with Gasteiger partial charge < -0.3 is 11.1 Å². The maximum Gasteiger partial charge on any atom is 0.250 e. The highest BCUT2D eigenvalue weighted by Crippen LogP contribution is 2.56. The number of nitrogens with two attached hydrogens (primary N) is 1. The molecule has 1 aromatic heterocycles. The lowest BCUT2D eigenvalue weighted by atomic mass is 9.76. The van der Waals surface area contributed by atoms with Gasteiger partial charge in [0.15, 0.2) is 0 Å². The number of fused-ring (bicyclic) bond motifs is 5. The summed E-state index contributed by atoms with van der Waals surface area (Å²) in [5.74, 6) is -3.91. The number of hydrogen-bond donors (Lipinski definition) is 3. The number of anilines is 2. The predicted octanol–water partition coefficient (Wildman–Crippen LogP) is 2.65. The van der Waals surface area contributed by atoms with E-state index in [4.69, 9.17) is 17.3 Å². The van der Waals surface area contributed by atoms with E-state index >= 15 is 0 Å². The zero-order valence-corrected chi connectivity index (χ0v) is 21.6. The van der Waals surface area contributed by atoms with E-state index in [1.807, 2.05) is 0 Å². The monoisotopic (exact) mass is 537 g/mol. The third-order valence-corrected chi connectivity index (χ3v) is 9.94. The SMILES string of the molecule is Cc1c(Cl)ccc2c1NC(=O)[C@@]21N[C@@H](CCC(N)=O)[C@H]2C(=O)N(c3sc4c(c3C#N)CCCC4)C(=O)[C@H]21. The fourth-order valence-electron chi connectivity index (χ4n) is 6.56. The maximum atomic E-state index is 14.2. The number of carbonyl (C=O) groups is 4. The van der Waals surface area contributed by atoms with E-state index in [1.165, 1.54) is 11.3 Å². The first-order valence-corrected chi connectivity index (χ1v) is 13.5. The predicted molar refractivity (Wildman–Crippen MR) is 137 cm³/mol. The zero-order chi connectivity index (χ0) is 26.2. The maximum absolute atomic E-state index is 14.2. The van der Waals surface area contributed by atoms with Crippen molar-refractivity contribution in [3.05, 3.63) is 44.3 Å². The summed E-state index contributed by atoms with van der Waals surface area (Å²) in [6.45, 7) is 1.78. The number of thiophene rings is 1. The molecule has 1 aromatic carbocycles. The number of nitriles is 1. The molecule has 9 nitrogen and oxygen atoms in total. The van der Waals surface area contributed by atoms with Crippen LogP contribution in [-0.4, -0.2) is 29.7 Å². The fraction of sp³-hybridized carbons (Fsp3) is 0.423. The topological polar surface area (TPSA) is 145 Å². The molecule has 2 saturated heterocycles. The van der Waals surface area contributed by atoms with Gasteiger partial charge in [-0.1, -0.05) is 17.7 Å². The lowest BCUT2D eigenvalue weighted by Gasteiger charge is -2.29. The molecule has 6 rings (SSSR count). The van der Waals surface area contributed by atoms with E-state index in [1.54, 1.807) is 19.1 Å². The number of amides is 4. The average Bonchev–Trinajstić information content (AvgIpc) is 3.56. The average molecular weight is 538 g/mol. The first-order chi connectivity index (χ1) is 17.7. The van der Waals surface area contributed by atoms with Crippen molar-refractivity contribution in [3.8, 4) is 6.07 Å². The molecule has 0 bridgehead atoms. The smallest absolute Gasteiger partial charge is 0.250 e. The van der Waals surface area contributed by atoms with Crippen LogP contribution in [0.4, 0.5) is 10.7 Å². The van der Waals surface area contributed by atoms with Crippen LogP contribution in [0.15, 0.2) is 12.1 Å². The second kappa shape index (κ2) is 8.38. The zero-order valence-electron chi connectivity index (χ0n) is 20.0. The molecule has 190 valence electrons. The normalized spacial score (nSPS) is 27.8. The van der Waals surface area contributed by atoms with Gasteiger partial charge in [-0.05, 0) is 56.2 Å². The van der Waals surface area contributed by atoms with Crippen molar-refractivity contribution in [2.24, 2.45) is 17.6 Å². The van der Waals surface area contributed by atoms with Crippen molar-refractivity contribution in [3.63, 3.8) is 0 Å². The van der Waals surface area contributed by atoms with Crippen LogP contribution in [-0.2, 0) is 37.6 Å². The Kier molecular flexibility index (Phi) is 5.46.